The molecule has 0 spiro atoms. The fraction of sp³-hybridized carbons (Fsp3) is 0.533. The summed E-state index contributed by atoms with van der Waals surface area (Å²) >= 11 is 5.26. The lowest BCUT2D eigenvalue weighted by Gasteiger charge is -2.21. The topological polar surface area (TPSA) is 58.3 Å². The molecule has 24 heavy (non-hydrogen) atoms. The molecule has 134 valence electrons. The molecule has 0 fully saturated rings. The van der Waals surface area contributed by atoms with Crippen LogP contribution in [-0.2, 0) is 19.5 Å². The van der Waals surface area contributed by atoms with E-state index in [0.29, 0.717) is 6.54 Å². The van der Waals surface area contributed by atoms with Crippen molar-refractivity contribution in [2.24, 2.45) is 4.99 Å². The smallest absolute Gasteiger partial charge is 0.194 e. The van der Waals surface area contributed by atoms with Crippen molar-refractivity contribution in [2.45, 2.75) is 33.4 Å². The van der Waals surface area contributed by atoms with Gasteiger partial charge in [0.1, 0.15) is 12.2 Å². The van der Waals surface area contributed by atoms with Crippen molar-refractivity contribution in [3.8, 4) is 0 Å². The Morgan fingerprint density at radius 2 is 2.21 bits per heavy atom. The van der Waals surface area contributed by atoms with Crippen LogP contribution in [0.4, 0.5) is 0 Å². The molecular formula is C15H24BrIN6S. The fourth-order valence-corrected chi connectivity index (χ4v) is 3.75. The number of nitrogens with one attached hydrogen (secondary N) is 1. The molecule has 0 atom stereocenters. The Morgan fingerprint density at radius 1 is 1.42 bits per heavy atom. The van der Waals surface area contributed by atoms with Crippen LogP contribution < -0.4 is 5.32 Å². The SMILES string of the molecule is CCNC(=NCCn1cnnc1CC)N(C)Cc1ccc(Br)s1.I. The van der Waals surface area contributed by atoms with Gasteiger partial charge in [0, 0.05) is 31.4 Å². The highest BCUT2D eigenvalue weighted by Gasteiger charge is 2.08. The second-order valence-corrected chi connectivity index (χ2v) is 7.64. The molecule has 0 aliphatic rings. The Hall–Kier alpha value is -0.680. The molecule has 0 bridgehead atoms. The third-order valence-corrected chi connectivity index (χ3v) is 4.94. The van der Waals surface area contributed by atoms with E-state index in [1.807, 2.05) is 0 Å². The van der Waals surface area contributed by atoms with Crippen LogP contribution in [0.25, 0.3) is 0 Å². The lowest BCUT2D eigenvalue weighted by atomic mass is 10.4. The summed E-state index contributed by atoms with van der Waals surface area (Å²) in [5, 5.41) is 11.4. The van der Waals surface area contributed by atoms with Gasteiger partial charge in [0.15, 0.2) is 5.96 Å². The molecule has 2 aromatic heterocycles. The summed E-state index contributed by atoms with van der Waals surface area (Å²) < 4.78 is 3.21. The number of guanidine groups is 1. The molecule has 0 saturated carbocycles. The van der Waals surface area contributed by atoms with Crippen molar-refractivity contribution < 1.29 is 0 Å². The van der Waals surface area contributed by atoms with Gasteiger partial charge in [0.25, 0.3) is 0 Å². The van der Waals surface area contributed by atoms with E-state index >= 15 is 0 Å². The van der Waals surface area contributed by atoms with Crippen LogP contribution >= 0.6 is 51.2 Å². The van der Waals surface area contributed by atoms with Crippen molar-refractivity contribution in [3.05, 3.63) is 32.9 Å². The molecule has 9 heteroatoms. The maximum atomic E-state index is 4.71. The second kappa shape index (κ2) is 11.0. The van der Waals surface area contributed by atoms with Crippen LogP contribution in [0.5, 0.6) is 0 Å². The number of thiophene rings is 1. The quantitative estimate of drug-likeness (QED) is 0.341. The second-order valence-electron chi connectivity index (χ2n) is 5.09. The summed E-state index contributed by atoms with van der Waals surface area (Å²) in [5.74, 6) is 1.92. The number of hydrogen-bond acceptors (Lipinski definition) is 4. The van der Waals surface area contributed by atoms with E-state index < -0.39 is 0 Å². The number of aliphatic imine (C=N–C) groups is 1. The van der Waals surface area contributed by atoms with E-state index in [4.69, 9.17) is 4.99 Å². The zero-order valence-electron chi connectivity index (χ0n) is 14.2. The summed E-state index contributed by atoms with van der Waals surface area (Å²) in [6.07, 6.45) is 2.66. The van der Waals surface area contributed by atoms with E-state index in [-0.39, 0.29) is 24.0 Å². The maximum Gasteiger partial charge on any atom is 0.194 e. The average molecular weight is 527 g/mol. The molecule has 0 aliphatic carbocycles. The maximum absolute atomic E-state index is 4.71. The van der Waals surface area contributed by atoms with Gasteiger partial charge in [-0.1, -0.05) is 6.92 Å². The first kappa shape index (κ1) is 21.4. The van der Waals surface area contributed by atoms with Gasteiger partial charge in [-0.05, 0) is 35.0 Å². The Labute approximate surface area is 172 Å². The highest BCUT2D eigenvalue weighted by Crippen LogP contribution is 2.22. The number of hydrogen-bond donors (Lipinski definition) is 1. The number of rotatable bonds is 7. The molecule has 0 aliphatic heterocycles. The minimum absolute atomic E-state index is 0. The zero-order valence-corrected chi connectivity index (χ0v) is 18.9. The summed E-state index contributed by atoms with van der Waals surface area (Å²) in [6.45, 7) is 7.36. The standard InChI is InChI=1S/C15H23BrN6S.HI/c1-4-14-20-19-11-22(14)9-8-18-15(17-5-2)21(3)10-12-6-7-13(16)23-12;/h6-7,11H,4-5,8-10H2,1-3H3,(H,17,18);1H. The van der Waals surface area contributed by atoms with E-state index in [1.54, 1.807) is 17.7 Å². The van der Waals surface area contributed by atoms with Crippen molar-refractivity contribution in [2.75, 3.05) is 20.1 Å². The van der Waals surface area contributed by atoms with Crippen LogP contribution in [0.3, 0.4) is 0 Å². The van der Waals surface area contributed by atoms with Gasteiger partial charge >= 0.3 is 0 Å². The summed E-state index contributed by atoms with van der Waals surface area (Å²) in [5.41, 5.74) is 0. The van der Waals surface area contributed by atoms with E-state index in [1.165, 1.54) is 4.88 Å². The van der Waals surface area contributed by atoms with Crippen LogP contribution in [0.2, 0.25) is 0 Å². The number of aromatic nitrogens is 3. The van der Waals surface area contributed by atoms with Gasteiger partial charge in [-0.3, -0.25) is 4.99 Å². The Kier molecular flexibility index (Phi) is 9.82. The Morgan fingerprint density at radius 3 is 2.83 bits per heavy atom. The predicted molar refractivity (Wildman–Crippen MR) is 114 cm³/mol. The minimum atomic E-state index is 0. The number of halogens is 2. The van der Waals surface area contributed by atoms with Crippen LogP contribution in [0, 0.1) is 0 Å². The molecule has 0 saturated heterocycles. The molecule has 2 rings (SSSR count). The lowest BCUT2D eigenvalue weighted by molar-refractivity contribution is 0.480. The van der Waals surface area contributed by atoms with Gasteiger partial charge in [-0.15, -0.1) is 45.5 Å². The summed E-state index contributed by atoms with van der Waals surface area (Å²) in [7, 11) is 2.06. The van der Waals surface area contributed by atoms with Crippen molar-refractivity contribution >= 4 is 57.2 Å². The summed E-state index contributed by atoms with van der Waals surface area (Å²) in [4.78, 5) is 8.16. The minimum Gasteiger partial charge on any atom is -0.357 e. The first-order valence-corrected chi connectivity index (χ1v) is 9.35. The van der Waals surface area contributed by atoms with Gasteiger partial charge in [0.05, 0.1) is 16.9 Å². The lowest BCUT2D eigenvalue weighted by Crippen LogP contribution is -2.38. The molecule has 1 N–H and O–H groups in total. The van der Waals surface area contributed by atoms with E-state index in [9.17, 15) is 0 Å². The van der Waals surface area contributed by atoms with E-state index in [2.05, 4.69) is 73.9 Å². The molecular weight excluding hydrogens is 503 g/mol. The van der Waals surface area contributed by atoms with Gasteiger partial charge in [0.2, 0.25) is 0 Å². The molecule has 2 heterocycles. The normalized spacial score (nSPS) is 11.2. The molecule has 0 radical (unpaired) electrons. The van der Waals surface area contributed by atoms with Gasteiger partial charge in [-0.2, -0.15) is 0 Å². The van der Waals surface area contributed by atoms with Gasteiger partial charge in [-0.25, -0.2) is 0 Å². The predicted octanol–water partition coefficient (Wildman–Crippen LogP) is 3.38. The van der Waals surface area contributed by atoms with Crippen LogP contribution in [0.1, 0.15) is 24.5 Å². The Bertz CT molecular complexity index is 641. The monoisotopic (exact) mass is 526 g/mol. The fourth-order valence-electron chi connectivity index (χ4n) is 2.22. The third kappa shape index (κ3) is 6.32. The molecule has 0 amide bonds. The summed E-state index contributed by atoms with van der Waals surface area (Å²) in [6, 6.07) is 4.22. The van der Waals surface area contributed by atoms with Crippen molar-refractivity contribution in [3.63, 3.8) is 0 Å². The number of nitrogens with zero attached hydrogens (tertiary/aromatic N) is 5. The Balaban J connectivity index is 0.00000288. The molecule has 6 nitrogen and oxygen atoms in total. The molecule has 2 aromatic rings. The zero-order chi connectivity index (χ0) is 16.7. The van der Waals surface area contributed by atoms with Gasteiger partial charge < -0.3 is 14.8 Å². The highest BCUT2D eigenvalue weighted by atomic mass is 127. The number of aryl methyl sites for hydroxylation is 1. The molecule has 0 unspecified atom stereocenters. The average Bonchev–Trinajstić information content (AvgIpc) is 3.15. The first-order chi connectivity index (χ1) is 11.1. The van der Waals surface area contributed by atoms with Crippen molar-refractivity contribution in [1.29, 1.82) is 0 Å². The van der Waals surface area contributed by atoms with Crippen LogP contribution in [0.15, 0.2) is 27.2 Å². The van der Waals surface area contributed by atoms with E-state index in [0.717, 1.165) is 41.6 Å². The van der Waals surface area contributed by atoms with Crippen molar-refractivity contribution in [1.82, 2.24) is 25.0 Å². The first-order valence-electron chi connectivity index (χ1n) is 7.74. The molecule has 0 aromatic carbocycles. The highest BCUT2D eigenvalue weighted by molar-refractivity contribution is 14.0. The third-order valence-electron chi connectivity index (χ3n) is 3.33. The largest absolute Gasteiger partial charge is 0.357 e. The van der Waals surface area contributed by atoms with Crippen LogP contribution in [-0.4, -0.2) is 45.8 Å².